The van der Waals surface area contributed by atoms with Crippen molar-refractivity contribution < 1.29 is 5.11 Å². The highest BCUT2D eigenvalue weighted by Crippen LogP contribution is 2.18. The van der Waals surface area contributed by atoms with Crippen LogP contribution in [0.3, 0.4) is 0 Å². The lowest BCUT2D eigenvalue weighted by molar-refractivity contribution is 0.277. The van der Waals surface area contributed by atoms with E-state index in [1.54, 1.807) is 29.0 Å². The molecule has 0 aliphatic carbocycles. The standard InChI is InChI=1S/C18H16N2O2/c1-13-3-2-4-17(9-13)20-11-15(6-8-18(20)22)14-5-7-16(12-21)19-10-14/h2-11,21H,12H2,1H3. The first kappa shape index (κ1) is 14.2. The van der Waals surface area contributed by atoms with Crippen LogP contribution in [0.4, 0.5) is 0 Å². The van der Waals surface area contributed by atoms with Gasteiger partial charge in [-0.2, -0.15) is 0 Å². The van der Waals surface area contributed by atoms with E-state index in [2.05, 4.69) is 4.98 Å². The van der Waals surface area contributed by atoms with Gasteiger partial charge in [0.15, 0.2) is 0 Å². The Morgan fingerprint density at radius 2 is 1.91 bits per heavy atom. The predicted octanol–water partition coefficient (Wildman–Crippen LogP) is 2.70. The summed E-state index contributed by atoms with van der Waals surface area (Å²) >= 11 is 0. The zero-order chi connectivity index (χ0) is 15.5. The van der Waals surface area contributed by atoms with Gasteiger partial charge in [0.25, 0.3) is 5.56 Å². The lowest BCUT2D eigenvalue weighted by atomic mass is 10.1. The molecule has 0 saturated carbocycles. The molecular weight excluding hydrogens is 276 g/mol. The molecule has 0 amide bonds. The second-order valence-corrected chi connectivity index (χ2v) is 5.16. The molecule has 2 aromatic heterocycles. The number of benzene rings is 1. The Hall–Kier alpha value is -2.72. The Morgan fingerprint density at radius 1 is 1.09 bits per heavy atom. The minimum absolute atomic E-state index is 0.0747. The van der Waals surface area contributed by atoms with Crippen molar-refractivity contribution in [1.82, 2.24) is 9.55 Å². The highest BCUT2D eigenvalue weighted by Gasteiger charge is 2.04. The molecule has 0 aliphatic heterocycles. The first-order chi connectivity index (χ1) is 10.7. The fourth-order valence-electron chi connectivity index (χ4n) is 2.33. The summed E-state index contributed by atoms with van der Waals surface area (Å²) in [4.78, 5) is 16.3. The topological polar surface area (TPSA) is 55.1 Å². The molecule has 0 bridgehead atoms. The van der Waals surface area contributed by atoms with Crippen molar-refractivity contribution in [3.8, 4) is 16.8 Å². The maximum atomic E-state index is 12.1. The summed E-state index contributed by atoms with van der Waals surface area (Å²) in [5.74, 6) is 0. The number of hydrogen-bond acceptors (Lipinski definition) is 3. The number of aryl methyl sites for hydroxylation is 1. The zero-order valence-corrected chi connectivity index (χ0v) is 12.2. The number of aliphatic hydroxyl groups excluding tert-OH is 1. The number of aromatic nitrogens is 2. The van der Waals surface area contributed by atoms with Crippen molar-refractivity contribution in [3.05, 3.63) is 82.5 Å². The van der Waals surface area contributed by atoms with Crippen molar-refractivity contribution >= 4 is 0 Å². The molecule has 22 heavy (non-hydrogen) atoms. The zero-order valence-electron chi connectivity index (χ0n) is 12.2. The molecule has 0 atom stereocenters. The summed E-state index contributed by atoms with van der Waals surface area (Å²) in [6.07, 6.45) is 3.51. The maximum absolute atomic E-state index is 12.1. The number of aliphatic hydroxyl groups is 1. The van der Waals surface area contributed by atoms with Crippen LogP contribution in [0.1, 0.15) is 11.3 Å². The van der Waals surface area contributed by atoms with Crippen LogP contribution < -0.4 is 5.56 Å². The summed E-state index contributed by atoms with van der Waals surface area (Å²) in [5.41, 5.74) is 4.29. The van der Waals surface area contributed by atoms with Gasteiger partial charge in [-0.1, -0.05) is 18.2 Å². The molecule has 2 heterocycles. The Bertz CT molecular complexity index is 851. The Kier molecular flexibility index (Phi) is 3.85. The van der Waals surface area contributed by atoms with E-state index in [-0.39, 0.29) is 12.2 Å². The molecule has 1 N–H and O–H groups in total. The van der Waals surface area contributed by atoms with Gasteiger partial charge in [0.05, 0.1) is 12.3 Å². The van der Waals surface area contributed by atoms with Gasteiger partial charge in [0.2, 0.25) is 0 Å². The van der Waals surface area contributed by atoms with E-state index in [0.29, 0.717) is 5.69 Å². The Balaban J connectivity index is 2.07. The van der Waals surface area contributed by atoms with Gasteiger partial charge in [-0.05, 0) is 36.8 Å². The van der Waals surface area contributed by atoms with Gasteiger partial charge in [0.1, 0.15) is 0 Å². The first-order valence-electron chi connectivity index (χ1n) is 7.03. The van der Waals surface area contributed by atoms with Gasteiger partial charge in [-0.25, -0.2) is 0 Å². The van der Waals surface area contributed by atoms with Crippen LogP contribution in [-0.4, -0.2) is 14.7 Å². The highest BCUT2D eigenvalue weighted by atomic mass is 16.3. The number of pyridine rings is 2. The van der Waals surface area contributed by atoms with Crippen LogP contribution >= 0.6 is 0 Å². The Labute approximate surface area is 128 Å². The molecule has 0 aliphatic rings. The average molecular weight is 292 g/mol. The highest BCUT2D eigenvalue weighted by molar-refractivity contribution is 5.62. The van der Waals surface area contributed by atoms with E-state index in [1.165, 1.54) is 0 Å². The summed E-state index contributed by atoms with van der Waals surface area (Å²) in [7, 11) is 0. The van der Waals surface area contributed by atoms with Crippen LogP contribution in [-0.2, 0) is 6.61 Å². The fraction of sp³-hybridized carbons (Fsp3) is 0.111. The number of rotatable bonds is 3. The first-order valence-corrected chi connectivity index (χ1v) is 7.03. The van der Waals surface area contributed by atoms with E-state index in [4.69, 9.17) is 5.11 Å². The van der Waals surface area contributed by atoms with Gasteiger partial charge in [0, 0.05) is 35.3 Å². The maximum Gasteiger partial charge on any atom is 0.255 e. The van der Waals surface area contributed by atoms with Gasteiger partial charge in [-0.3, -0.25) is 14.3 Å². The van der Waals surface area contributed by atoms with E-state index in [1.807, 2.05) is 43.5 Å². The third-order valence-corrected chi connectivity index (χ3v) is 3.51. The van der Waals surface area contributed by atoms with Crippen molar-refractivity contribution in [2.75, 3.05) is 0 Å². The molecule has 3 rings (SSSR count). The molecule has 0 fully saturated rings. The van der Waals surface area contributed by atoms with E-state index < -0.39 is 0 Å². The fourth-order valence-corrected chi connectivity index (χ4v) is 2.33. The molecule has 3 aromatic rings. The molecule has 1 aromatic carbocycles. The van der Waals surface area contributed by atoms with Gasteiger partial charge >= 0.3 is 0 Å². The van der Waals surface area contributed by atoms with Crippen LogP contribution in [0.15, 0.2) is 65.7 Å². The van der Waals surface area contributed by atoms with E-state index >= 15 is 0 Å². The minimum atomic E-state index is -0.0803. The third kappa shape index (κ3) is 2.82. The molecule has 0 saturated heterocycles. The lowest BCUT2D eigenvalue weighted by Crippen LogP contribution is -2.16. The van der Waals surface area contributed by atoms with Crippen LogP contribution in [0, 0.1) is 6.92 Å². The molecule has 110 valence electrons. The Morgan fingerprint density at radius 3 is 2.59 bits per heavy atom. The lowest BCUT2D eigenvalue weighted by Gasteiger charge is -2.09. The van der Waals surface area contributed by atoms with Crippen molar-refractivity contribution in [3.63, 3.8) is 0 Å². The second-order valence-electron chi connectivity index (χ2n) is 5.16. The molecule has 0 radical (unpaired) electrons. The predicted molar refractivity (Wildman–Crippen MR) is 85.9 cm³/mol. The number of hydrogen-bond donors (Lipinski definition) is 1. The van der Waals surface area contributed by atoms with Crippen molar-refractivity contribution in [1.29, 1.82) is 0 Å². The smallest absolute Gasteiger partial charge is 0.255 e. The van der Waals surface area contributed by atoms with Crippen LogP contribution in [0.2, 0.25) is 0 Å². The second kappa shape index (κ2) is 5.95. The molecular formula is C18H16N2O2. The summed E-state index contributed by atoms with van der Waals surface area (Å²) in [6.45, 7) is 1.92. The van der Waals surface area contributed by atoms with Crippen molar-refractivity contribution in [2.24, 2.45) is 0 Å². The van der Waals surface area contributed by atoms with Gasteiger partial charge < -0.3 is 5.11 Å². The summed E-state index contributed by atoms with van der Waals surface area (Å²) in [6, 6.07) is 14.8. The van der Waals surface area contributed by atoms with E-state index in [0.717, 1.165) is 22.4 Å². The molecule has 4 nitrogen and oxygen atoms in total. The monoisotopic (exact) mass is 292 g/mol. The SMILES string of the molecule is Cc1cccc(-n2cc(-c3ccc(CO)nc3)ccc2=O)c1. The van der Waals surface area contributed by atoms with Crippen molar-refractivity contribution in [2.45, 2.75) is 13.5 Å². The van der Waals surface area contributed by atoms with Gasteiger partial charge in [-0.15, -0.1) is 0 Å². The molecule has 4 heteroatoms. The number of nitrogens with zero attached hydrogens (tertiary/aromatic N) is 2. The quantitative estimate of drug-likeness (QED) is 0.807. The average Bonchev–Trinajstić information content (AvgIpc) is 2.55. The summed E-state index contributed by atoms with van der Waals surface area (Å²) < 4.78 is 1.63. The van der Waals surface area contributed by atoms with E-state index in [9.17, 15) is 4.79 Å². The minimum Gasteiger partial charge on any atom is -0.390 e. The molecule has 0 spiro atoms. The summed E-state index contributed by atoms with van der Waals surface area (Å²) in [5, 5.41) is 9.05. The van der Waals surface area contributed by atoms with Crippen LogP contribution in [0.5, 0.6) is 0 Å². The van der Waals surface area contributed by atoms with Crippen LogP contribution in [0.25, 0.3) is 16.8 Å². The largest absolute Gasteiger partial charge is 0.390 e. The normalized spacial score (nSPS) is 10.6. The third-order valence-electron chi connectivity index (χ3n) is 3.51. The molecule has 0 unspecified atom stereocenters.